The number of nitrogens with one attached hydrogen (secondary N) is 2. The summed E-state index contributed by atoms with van der Waals surface area (Å²) in [6.07, 6.45) is 2.41. The van der Waals surface area contributed by atoms with E-state index in [0.29, 0.717) is 19.0 Å². The molecule has 1 aromatic carbocycles. The number of H-pyrrole nitrogens is 1. The molecule has 1 aromatic heterocycles. The maximum atomic E-state index is 12.2. The Kier molecular flexibility index (Phi) is 6.33. The number of benzene rings is 1. The molecule has 2 heterocycles. The van der Waals surface area contributed by atoms with Crippen LogP contribution in [0.15, 0.2) is 24.3 Å². The van der Waals surface area contributed by atoms with Crippen LogP contribution < -0.4 is 5.32 Å². The average molecular weight is 357 g/mol. The van der Waals surface area contributed by atoms with Crippen molar-refractivity contribution in [2.24, 2.45) is 0 Å². The van der Waals surface area contributed by atoms with Crippen LogP contribution in [0, 0.1) is 6.92 Å². The zero-order valence-electron chi connectivity index (χ0n) is 16.3. The minimum atomic E-state index is 0.170. The molecule has 1 aliphatic heterocycles. The second-order valence-electron chi connectivity index (χ2n) is 7.60. The van der Waals surface area contributed by atoms with Crippen LogP contribution >= 0.6 is 0 Å². The molecule has 5 nitrogen and oxygen atoms in total. The maximum Gasteiger partial charge on any atom is 0.220 e. The van der Waals surface area contributed by atoms with Crippen LogP contribution in [0.1, 0.15) is 31.0 Å². The molecule has 1 fully saturated rings. The second kappa shape index (κ2) is 8.69. The lowest BCUT2D eigenvalue weighted by Crippen LogP contribution is -2.48. The molecule has 0 unspecified atom stereocenters. The Hall–Kier alpha value is -1.85. The van der Waals surface area contributed by atoms with Gasteiger partial charge in [0, 0.05) is 61.8 Å². The zero-order chi connectivity index (χ0) is 18.5. The van der Waals surface area contributed by atoms with Crippen LogP contribution in [-0.4, -0.2) is 66.5 Å². The van der Waals surface area contributed by atoms with Crippen molar-refractivity contribution in [3.63, 3.8) is 0 Å². The summed E-state index contributed by atoms with van der Waals surface area (Å²) < 4.78 is 0. The van der Waals surface area contributed by atoms with Crippen LogP contribution in [-0.2, 0) is 11.2 Å². The maximum absolute atomic E-state index is 12.2. The lowest BCUT2D eigenvalue weighted by atomic mass is 10.1. The minimum absolute atomic E-state index is 0.170. The number of nitrogens with zero attached hydrogens (tertiary/aromatic N) is 2. The van der Waals surface area contributed by atoms with Crippen LogP contribution in [0.2, 0.25) is 0 Å². The number of rotatable bonds is 7. The molecule has 1 atom stereocenters. The van der Waals surface area contributed by atoms with Crippen molar-refractivity contribution in [1.82, 2.24) is 20.1 Å². The first-order valence-electron chi connectivity index (χ1n) is 9.80. The van der Waals surface area contributed by atoms with Gasteiger partial charge in [-0.05, 0) is 45.4 Å². The SMILES string of the molecule is Cc1[nH]c2ccccc2c1CCNC(=O)CC[C@@H](C)N1CCN(C)CC1. The molecule has 0 radical (unpaired) electrons. The van der Waals surface area contributed by atoms with Gasteiger partial charge in [-0.3, -0.25) is 9.69 Å². The Morgan fingerprint density at radius 2 is 1.96 bits per heavy atom. The van der Waals surface area contributed by atoms with Crippen molar-refractivity contribution in [2.75, 3.05) is 39.8 Å². The number of aromatic amines is 1. The molecule has 5 heteroatoms. The van der Waals surface area contributed by atoms with Crippen LogP contribution in [0.4, 0.5) is 0 Å². The van der Waals surface area contributed by atoms with E-state index in [1.807, 2.05) is 6.07 Å². The Labute approximate surface area is 156 Å². The normalized spacial score (nSPS) is 17.5. The van der Waals surface area contributed by atoms with E-state index in [0.717, 1.165) is 39.0 Å². The van der Waals surface area contributed by atoms with Gasteiger partial charge in [-0.25, -0.2) is 0 Å². The molecule has 0 saturated carbocycles. The number of carbonyl (C=O) groups is 1. The van der Waals surface area contributed by atoms with E-state index in [4.69, 9.17) is 0 Å². The fraction of sp³-hybridized carbons (Fsp3) is 0.571. The average Bonchev–Trinajstić information content (AvgIpc) is 2.96. The third-order valence-corrected chi connectivity index (χ3v) is 5.67. The van der Waals surface area contributed by atoms with Crippen LogP contribution in [0.5, 0.6) is 0 Å². The van der Waals surface area contributed by atoms with E-state index in [2.05, 4.69) is 59.2 Å². The molecule has 26 heavy (non-hydrogen) atoms. The van der Waals surface area contributed by atoms with E-state index < -0.39 is 0 Å². The van der Waals surface area contributed by atoms with Gasteiger partial charge in [-0.1, -0.05) is 18.2 Å². The van der Waals surface area contributed by atoms with Gasteiger partial charge in [0.1, 0.15) is 0 Å². The zero-order valence-corrected chi connectivity index (χ0v) is 16.3. The van der Waals surface area contributed by atoms with Crippen LogP contribution in [0.25, 0.3) is 10.9 Å². The summed E-state index contributed by atoms with van der Waals surface area (Å²) in [5.74, 6) is 0.170. The Morgan fingerprint density at radius 1 is 1.23 bits per heavy atom. The molecule has 0 bridgehead atoms. The monoisotopic (exact) mass is 356 g/mol. The molecule has 0 spiro atoms. The number of likely N-dealkylation sites (N-methyl/N-ethyl adjacent to an activating group) is 1. The van der Waals surface area contributed by atoms with Gasteiger partial charge >= 0.3 is 0 Å². The number of carbonyl (C=O) groups excluding carboxylic acids is 1. The smallest absolute Gasteiger partial charge is 0.220 e. The molecule has 1 aliphatic rings. The standard InChI is InChI=1S/C21H32N4O/c1-16(25-14-12-24(3)13-15-25)8-9-21(26)22-11-10-18-17(2)23-20-7-5-4-6-19(18)20/h4-7,16,23H,8-15H2,1-3H3,(H,22,26)/t16-/m1/s1. The minimum Gasteiger partial charge on any atom is -0.358 e. The molecule has 2 N–H and O–H groups in total. The Balaban J connectivity index is 1.41. The van der Waals surface area contributed by atoms with Crippen molar-refractivity contribution < 1.29 is 4.79 Å². The van der Waals surface area contributed by atoms with Gasteiger partial charge in [0.2, 0.25) is 5.91 Å². The van der Waals surface area contributed by atoms with Gasteiger partial charge in [0.05, 0.1) is 0 Å². The lowest BCUT2D eigenvalue weighted by Gasteiger charge is -2.36. The number of piperazine rings is 1. The van der Waals surface area contributed by atoms with E-state index in [-0.39, 0.29) is 5.91 Å². The molecular weight excluding hydrogens is 324 g/mol. The first kappa shape index (κ1) is 18.9. The van der Waals surface area contributed by atoms with Gasteiger partial charge in [0.25, 0.3) is 0 Å². The molecular formula is C21H32N4O. The summed E-state index contributed by atoms with van der Waals surface area (Å²) in [4.78, 5) is 20.5. The van der Waals surface area contributed by atoms with Crippen LogP contribution in [0.3, 0.4) is 0 Å². The Bertz CT molecular complexity index is 731. The highest BCUT2D eigenvalue weighted by molar-refractivity contribution is 5.84. The first-order chi connectivity index (χ1) is 12.5. The number of para-hydroxylation sites is 1. The first-order valence-corrected chi connectivity index (χ1v) is 9.80. The van der Waals surface area contributed by atoms with E-state index in [1.54, 1.807) is 0 Å². The quantitative estimate of drug-likeness (QED) is 0.802. The number of hydrogen-bond donors (Lipinski definition) is 2. The Morgan fingerprint density at radius 3 is 2.73 bits per heavy atom. The number of hydrogen-bond acceptors (Lipinski definition) is 3. The third kappa shape index (κ3) is 4.65. The highest BCUT2D eigenvalue weighted by atomic mass is 16.1. The predicted molar refractivity (Wildman–Crippen MR) is 108 cm³/mol. The number of amides is 1. The largest absolute Gasteiger partial charge is 0.358 e. The van der Waals surface area contributed by atoms with E-state index in [1.165, 1.54) is 22.2 Å². The number of aryl methyl sites for hydroxylation is 1. The third-order valence-electron chi connectivity index (χ3n) is 5.67. The van der Waals surface area contributed by atoms with E-state index in [9.17, 15) is 4.79 Å². The summed E-state index contributed by atoms with van der Waals surface area (Å²) in [5.41, 5.74) is 3.68. The molecule has 1 saturated heterocycles. The number of aromatic nitrogens is 1. The summed E-state index contributed by atoms with van der Waals surface area (Å²) in [6, 6.07) is 8.84. The van der Waals surface area contributed by atoms with Crippen molar-refractivity contribution >= 4 is 16.8 Å². The van der Waals surface area contributed by atoms with Crippen molar-refractivity contribution in [2.45, 2.75) is 39.2 Å². The fourth-order valence-electron chi connectivity index (χ4n) is 3.86. The summed E-state index contributed by atoms with van der Waals surface area (Å²) in [6.45, 7) is 9.52. The highest BCUT2D eigenvalue weighted by Crippen LogP contribution is 2.21. The van der Waals surface area contributed by atoms with Gasteiger partial charge in [0.15, 0.2) is 0 Å². The molecule has 1 amide bonds. The van der Waals surface area contributed by atoms with Crippen molar-refractivity contribution in [3.8, 4) is 0 Å². The molecule has 0 aliphatic carbocycles. The lowest BCUT2D eigenvalue weighted by molar-refractivity contribution is -0.121. The highest BCUT2D eigenvalue weighted by Gasteiger charge is 2.19. The van der Waals surface area contributed by atoms with Crippen molar-refractivity contribution in [1.29, 1.82) is 0 Å². The molecule has 3 rings (SSSR count). The second-order valence-corrected chi connectivity index (χ2v) is 7.60. The molecule has 142 valence electrons. The summed E-state index contributed by atoms with van der Waals surface area (Å²) >= 11 is 0. The van der Waals surface area contributed by atoms with Crippen molar-refractivity contribution in [3.05, 3.63) is 35.5 Å². The van der Waals surface area contributed by atoms with Gasteiger partial charge < -0.3 is 15.2 Å². The van der Waals surface area contributed by atoms with Gasteiger partial charge in [-0.15, -0.1) is 0 Å². The summed E-state index contributed by atoms with van der Waals surface area (Å²) in [7, 11) is 2.17. The van der Waals surface area contributed by atoms with Gasteiger partial charge in [-0.2, -0.15) is 0 Å². The summed E-state index contributed by atoms with van der Waals surface area (Å²) in [5, 5.41) is 4.37. The van der Waals surface area contributed by atoms with E-state index >= 15 is 0 Å². The number of fused-ring (bicyclic) bond motifs is 1. The topological polar surface area (TPSA) is 51.4 Å². The molecule has 2 aromatic rings. The predicted octanol–water partition coefficient (Wildman–Crippen LogP) is 2.55. The fourth-order valence-corrected chi connectivity index (χ4v) is 3.86.